The fourth-order valence-corrected chi connectivity index (χ4v) is 4.33. The van der Waals surface area contributed by atoms with Crippen LogP contribution < -0.4 is 10.2 Å². The van der Waals surface area contributed by atoms with Crippen molar-refractivity contribution in [3.05, 3.63) is 105 Å². The van der Waals surface area contributed by atoms with Gasteiger partial charge in [-0.2, -0.15) is 0 Å². The number of nitro benzene ring substituents is 1. The number of halogens is 1. The molecule has 0 unspecified atom stereocenters. The first-order chi connectivity index (χ1) is 15.8. The number of aryl methyl sites for hydroxylation is 1. The van der Waals surface area contributed by atoms with Crippen LogP contribution in [0.2, 0.25) is 5.02 Å². The number of carbonyl (C=O) groups excluding carboxylic acids is 2. The molecule has 4 aromatic carbocycles. The lowest BCUT2D eigenvalue weighted by Crippen LogP contribution is -2.40. The normalized spacial score (nSPS) is 12.8. The van der Waals surface area contributed by atoms with E-state index in [-0.39, 0.29) is 16.9 Å². The molecule has 0 radical (unpaired) electrons. The van der Waals surface area contributed by atoms with Crippen molar-refractivity contribution in [3.8, 4) is 0 Å². The van der Waals surface area contributed by atoms with Gasteiger partial charge < -0.3 is 5.32 Å². The summed E-state index contributed by atoms with van der Waals surface area (Å²) in [5.41, 5.74) is 2.15. The van der Waals surface area contributed by atoms with E-state index in [1.54, 1.807) is 60.7 Å². The lowest BCUT2D eigenvalue weighted by Gasteiger charge is -2.28. The Balaban J connectivity index is 1.76. The quantitative estimate of drug-likeness (QED) is 0.222. The second-order valence-corrected chi connectivity index (χ2v) is 8.16. The van der Waals surface area contributed by atoms with E-state index in [1.807, 2.05) is 13.0 Å². The Morgan fingerprint density at radius 3 is 2.36 bits per heavy atom. The number of rotatable bonds is 4. The van der Waals surface area contributed by atoms with Crippen molar-refractivity contribution in [3.63, 3.8) is 0 Å². The van der Waals surface area contributed by atoms with Crippen LogP contribution in [0.4, 0.5) is 22.7 Å². The molecule has 2 amide bonds. The number of benzene rings is 4. The van der Waals surface area contributed by atoms with Crippen LogP contribution >= 0.6 is 11.6 Å². The van der Waals surface area contributed by atoms with Crippen LogP contribution in [0.25, 0.3) is 10.8 Å². The van der Waals surface area contributed by atoms with Crippen molar-refractivity contribution in [2.75, 3.05) is 10.2 Å². The van der Waals surface area contributed by atoms with Gasteiger partial charge in [0.05, 0.1) is 16.2 Å². The van der Waals surface area contributed by atoms with E-state index in [2.05, 4.69) is 5.32 Å². The SMILES string of the molecule is Cc1cccc(N2C(=O)c3cccc4c(Nc5cccc(Cl)c5)c([N+](=O)[O-])cc(c34)C2=O)c1. The van der Waals surface area contributed by atoms with Crippen LogP contribution in [0, 0.1) is 17.0 Å². The third-order valence-corrected chi connectivity index (χ3v) is 5.79. The molecule has 0 saturated carbocycles. The number of amides is 2. The summed E-state index contributed by atoms with van der Waals surface area (Å²) in [6, 6.07) is 19.9. The van der Waals surface area contributed by atoms with Crippen LogP contribution in [0.3, 0.4) is 0 Å². The average molecular weight is 458 g/mol. The van der Waals surface area contributed by atoms with Gasteiger partial charge in [0.2, 0.25) is 0 Å². The summed E-state index contributed by atoms with van der Waals surface area (Å²) in [7, 11) is 0. The predicted octanol–water partition coefficient (Wildman–Crippen LogP) is 6.25. The largest absolute Gasteiger partial charge is 0.349 e. The third-order valence-electron chi connectivity index (χ3n) is 5.56. The third kappa shape index (κ3) is 3.39. The van der Waals surface area contributed by atoms with E-state index >= 15 is 0 Å². The zero-order valence-corrected chi connectivity index (χ0v) is 18.1. The molecule has 1 aliphatic heterocycles. The molecule has 8 heteroatoms. The van der Waals surface area contributed by atoms with Crippen molar-refractivity contribution in [2.24, 2.45) is 0 Å². The predicted molar refractivity (Wildman–Crippen MR) is 128 cm³/mol. The van der Waals surface area contributed by atoms with Crippen molar-refractivity contribution in [1.29, 1.82) is 0 Å². The van der Waals surface area contributed by atoms with Gasteiger partial charge in [-0.1, -0.05) is 41.9 Å². The number of carbonyl (C=O) groups is 2. The molecule has 0 aliphatic carbocycles. The number of nitrogens with one attached hydrogen (secondary N) is 1. The molecule has 4 aromatic rings. The standard InChI is InChI=1S/C25H16ClN3O4/c1-14-5-2-8-17(11-14)28-24(30)19-10-4-9-18-22(19)20(25(28)31)13-21(29(32)33)23(18)27-16-7-3-6-15(26)12-16/h2-13,27H,1H3. The Hall–Kier alpha value is -4.23. The molecule has 0 bridgehead atoms. The molecule has 1 heterocycles. The molecule has 0 aromatic heterocycles. The number of imide groups is 1. The summed E-state index contributed by atoms with van der Waals surface area (Å²) in [6.45, 7) is 1.86. The summed E-state index contributed by atoms with van der Waals surface area (Å²) >= 11 is 6.07. The highest BCUT2D eigenvalue weighted by atomic mass is 35.5. The molecule has 5 rings (SSSR count). The van der Waals surface area contributed by atoms with Crippen molar-refractivity contribution in [1.82, 2.24) is 0 Å². The molecule has 1 N–H and O–H groups in total. The van der Waals surface area contributed by atoms with Crippen LogP contribution in [0.15, 0.2) is 72.8 Å². The van der Waals surface area contributed by atoms with E-state index in [0.717, 1.165) is 10.5 Å². The molecule has 0 fully saturated rings. The Kier molecular flexibility index (Phi) is 4.83. The Labute approximate surface area is 193 Å². The smallest absolute Gasteiger partial charge is 0.294 e. The highest BCUT2D eigenvalue weighted by Gasteiger charge is 2.37. The number of hydrogen-bond acceptors (Lipinski definition) is 5. The average Bonchev–Trinajstić information content (AvgIpc) is 2.78. The molecule has 1 aliphatic rings. The summed E-state index contributed by atoms with van der Waals surface area (Å²) in [5.74, 6) is -1.09. The Morgan fingerprint density at radius 2 is 1.64 bits per heavy atom. The van der Waals surface area contributed by atoms with Gasteiger partial charge in [-0.3, -0.25) is 19.7 Å². The topological polar surface area (TPSA) is 92.6 Å². The monoisotopic (exact) mass is 457 g/mol. The number of nitro groups is 1. The first-order valence-electron chi connectivity index (χ1n) is 10.1. The lowest BCUT2D eigenvalue weighted by atomic mass is 9.91. The van der Waals surface area contributed by atoms with E-state index in [0.29, 0.717) is 32.7 Å². The molecule has 162 valence electrons. The van der Waals surface area contributed by atoms with Crippen LogP contribution in [0.5, 0.6) is 0 Å². The Morgan fingerprint density at radius 1 is 0.909 bits per heavy atom. The van der Waals surface area contributed by atoms with Gasteiger partial charge in [-0.25, -0.2) is 4.90 Å². The lowest BCUT2D eigenvalue weighted by molar-refractivity contribution is -0.383. The summed E-state index contributed by atoms with van der Waals surface area (Å²) < 4.78 is 0. The van der Waals surface area contributed by atoms with E-state index in [1.165, 1.54) is 6.07 Å². The second-order valence-electron chi connectivity index (χ2n) is 7.72. The van der Waals surface area contributed by atoms with Gasteiger partial charge >= 0.3 is 0 Å². The maximum absolute atomic E-state index is 13.5. The van der Waals surface area contributed by atoms with E-state index in [9.17, 15) is 19.7 Å². The maximum Gasteiger partial charge on any atom is 0.294 e. The highest BCUT2D eigenvalue weighted by molar-refractivity contribution is 6.37. The van der Waals surface area contributed by atoms with E-state index < -0.39 is 16.7 Å². The Bertz CT molecular complexity index is 1500. The van der Waals surface area contributed by atoms with Gasteiger partial charge in [0.25, 0.3) is 17.5 Å². The fourth-order valence-electron chi connectivity index (χ4n) is 4.14. The highest BCUT2D eigenvalue weighted by Crippen LogP contribution is 2.42. The molecule has 0 spiro atoms. The van der Waals surface area contributed by atoms with Gasteiger partial charge in [0, 0.05) is 33.1 Å². The van der Waals surface area contributed by atoms with Gasteiger partial charge in [0.15, 0.2) is 0 Å². The zero-order valence-electron chi connectivity index (χ0n) is 17.3. The number of hydrogen-bond donors (Lipinski definition) is 1. The minimum absolute atomic E-state index is 0.102. The molecule has 0 saturated heterocycles. The molecule has 0 atom stereocenters. The summed E-state index contributed by atoms with van der Waals surface area (Å²) in [4.78, 5) is 39.4. The number of anilines is 3. The number of nitrogens with zero attached hydrogens (tertiary/aromatic N) is 2. The summed E-state index contributed by atoms with van der Waals surface area (Å²) in [6.07, 6.45) is 0. The molecule has 7 nitrogen and oxygen atoms in total. The summed E-state index contributed by atoms with van der Waals surface area (Å²) in [5, 5.41) is 16.3. The van der Waals surface area contributed by atoms with Crippen LogP contribution in [-0.4, -0.2) is 16.7 Å². The zero-order chi connectivity index (χ0) is 23.3. The van der Waals surface area contributed by atoms with Crippen LogP contribution in [0.1, 0.15) is 26.3 Å². The minimum atomic E-state index is -0.605. The first-order valence-corrected chi connectivity index (χ1v) is 10.4. The maximum atomic E-state index is 13.5. The minimum Gasteiger partial charge on any atom is -0.349 e. The van der Waals surface area contributed by atoms with E-state index in [4.69, 9.17) is 11.6 Å². The van der Waals surface area contributed by atoms with Crippen molar-refractivity contribution in [2.45, 2.75) is 6.92 Å². The molecular formula is C25H16ClN3O4. The fraction of sp³-hybridized carbons (Fsp3) is 0.0400. The van der Waals surface area contributed by atoms with Gasteiger partial charge in [-0.15, -0.1) is 0 Å². The first kappa shape index (κ1) is 20.7. The van der Waals surface area contributed by atoms with Crippen molar-refractivity contribution < 1.29 is 14.5 Å². The van der Waals surface area contributed by atoms with Gasteiger partial charge in [0.1, 0.15) is 5.69 Å². The van der Waals surface area contributed by atoms with Crippen molar-refractivity contribution >= 4 is 56.9 Å². The molecule has 33 heavy (non-hydrogen) atoms. The second kappa shape index (κ2) is 7.72. The van der Waals surface area contributed by atoms with Crippen LogP contribution in [-0.2, 0) is 0 Å². The van der Waals surface area contributed by atoms with Gasteiger partial charge in [-0.05, 0) is 48.9 Å². The molecular weight excluding hydrogens is 442 g/mol.